The van der Waals surface area contributed by atoms with E-state index in [9.17, 15) is 23.2 Å². The summed E-state index contributed by atoms with van der Waals surface area (Å²) in [7, 11) is 1.20. The van der Waals surface area contributed by atoms with Gasteiger partial charge in [-0.3, -0.25) is 4.79 Å². The van der Waals surface area contributed by atoms with Crippen LogP contribution in [-0.4, -0.2) is 31.6 Å². The monoisotopic (exact) mass is 349 g/mol. The summed E-state index contributed by atoms with van der Waals surface area (Å²) in [6.45, 7) is -0.673. The first-order valence-electron chi connectivity index (χ1n) is 7.01. The highest BCUT2D eigenvalue weighted by Crippen LogP contribution is 2.16. The van der Waals surface area contributed by atoms with E-state index in [1.807, 2.05) is 0 Å². The Hall–Kier alpha value is -3.29. The molecule has 0 fully saturated rings. The minimum absolute atomic E-state index is 0.130. The Morgan fingerprint density at radius 3 is 2.40 bits per heavy atom. The summed E-state index contributed by atoms with van der Waals surface area (Å²) in [4.78, 5) is 35.2. The van der Waals surface area contributed by atoms with E-state index in [0.717, 1.165) is 12.1 Å². The number of nitrogens with one attached hydrogen (secondary N) is 1. The van der Waals surface area contributed by atoms with Crippen LogP contribution < -0.4 is 5.32 Å². The maximum absolute atomic E-state index is 13.1. The smallest absolute Gasteiger partial charge is 0.339 e. The molecule has 0 aliphatic carbocycles. The zero-order valence-corrected chi connectivity index (χ0v) is 13.0. The summed E-state index contributed by atoms with van der Waals surface area (Å²) >= 11 is 0. The molecular formula is C17H13F2NO5. The zero-order chi connectivity index (χ0) is 18.4. The van der Waals surface area contributed by atoms with Gasteiger partial charge in [-0.1, -0.05) is 12.1 Å². The molecule has 0 radical (unpaired) electrons. The molecule has 0 aromatic heterocycles. The van der Waals surface area contributed by atoms with Gasteiger partial charge in [-0.2, -0.15) is 0 Å². The Bertz CT molecular complexity index is 822. The highest BCUT2D eigenvalue weighted by molar-refractivity contribution is 6.02. The molecule has 0 aliphatic rings. The van der Waals surface area contributed by atoms with Gasteiger partial charge in [-0.05, 0) is 30.3 Å². The molecule has 0 atom stereocenters. The second-order valence-corrected chi connectivity index (χ2v) is 4.79. The van der Waals surface area contributed by atoms with Gasteiger partial charge >= 0.3 is 11.9 Å². The summed E-state index contributed by atoms with van der Waals surface area (Å²) < 4.78 is 35.2. The molecule has 0 saturated heterocycles. The van der Waals surface area contributed by atoms with Crippen LogP contribution in [0.2, 0.25) is 0 Å². The first kappa shape index (κ1) is 18.1. The number of hydrogen-bond donors (Lipinski definition) is 1. The van der Waals surface area contributed by atoms with Gasteiger partial charge in [0.25, 0.3) is 5.91 Å². The minimum Gasteiger partial charge on any atom is -0.465 e. The lowest BCUT2D eigenvalue weighted by Crippen LogP contribution is -2.22. The molecule has 0 heterocycles. The van der Waals surface area contributed by atoms with Crippen LogP contribution in [0.5, 0.6) is 0 Å². The molecule has 0 aliphatic heterocycles. The van der Waals surface area contributed by atoms with Crippen LogP contribution >= 0.6 is 0 Å². The number of ether oxygens (including phenoxy) is 2. The average Bonchev–Trinajstić information content (AvgIpc) is 2.61. The summed E-state index contributed by atoms with van der Waals surface area (Å²) in [6, 6.07) is 8.59. The van der Waals surface area contributed by atoms with Crippen LogP contribution in [0.1, 0.15) is 20.7 Å². The number of para-hydroxylation sites is 1. The largest absolute Gasteiger partial charge is 0.465 e. The Morgan fingerprint density at radius 2 is 1.72 bits per heavy atom. The summed E-state index contributed by atoms with van der Waals surface area (Å²) in [6.07, 6.45) is 0. The van der Waals surface area contributed by atoms with Gasteiger partial charge in [0.1, 0.15) is 0 Å². The third kappa shape index (κ3) is 4.60. The number of amides is 1. The lowest BCUT2D eigenvalue weighted by Gasteiger charge is -2.10. The molecule has 0 spiro atoms. The van der Waals surface area contributed by atoms with Crippen molar-refractivity contribution in [1.82, 2.24) is 0 Å². The SMILES string of the molecule is COC(=O)c1ccccc1NC(=O)COC(=O)c1ccc(F)c(F)c1. The van der Waals surface area contributed by atoms with Crippen LogP contribution in [0, 0.1) is 11.6 Å². The molecular weight excluding hydrogens is 336 g/mol. The van der Waals surface area contributed by atoms with Gasteiger partial charge in [-0.15, -0.1) is 0 Å². The molecule has 0 bridgehead atoms. The minimum atomic E-state index is -1.20. The fourth-order valence-electron chi connectivity index (χ4n) is 1.90. The number of rotatable bonds is 5. The van der Waals surface area contributed by atoms with Crippen LogP contribution in [0.3, 0.4) is 0 Å². The van der Waals surface area contributed by atoms with Crippen molar-refractivity contribution in [2.24, 2.45) is 0 Å². The maximum Gasteiger partial charge on any atom is 0.339 e. The lowest BCUT2D eigenvalue weighted by atomic mass is 10.2. The quantitative estimate of drug-likeness (QED) is 0.839. The Kier molecular flexibility index (Phi) is 5.78. The van der Waals surface area contributed by atoms with Crippen LogP contribution in [0.15, 0.2) is 42.5 Å². The molecule has 25 heavy (non-hydrogen) atoms. The highest BCUT2D eigenvalue weighted by atomic mass is 19.2. The third-order valence-corrected chi connectivity index (χ3v) is 3.10. The van der Waals surface area contributed by atoms with E-state index in [4.69, 9.17) is 4.74 Å². The van der Waals surface area contributed by atoms with Crippen molar-refractivity contribution in [1.29, 1.82) is 0 Å². The number of hydrogen-bond acceptors (Lipinski definition) is 5. The number of carbonyl (C=O) groups is 3. The second-order valence-electron chi connectivity index (χ2n) is 4.79. The van der Waals surface area contributed by atoms with E-state index < -0.39 is 36.1 Å². The van der Waals surface area contributed by atoms with Crippen molar-refractivity contribution in [3.63, 3.8) is 0 Å². The summed E-state index contributed by atoms with van der Waals surface area (Å²) in [5.74, 6) is -4.66. The molecule has 2 rings (SSSR count). The number of methoxy groups -OCH3 is 1. The Labute approximate surface area is 141 Å². The number of halogens is 2. The maximum atomic E-state index is 13.1. The van der Waals surface area contributed by atoms with Crippen molar-refractivity contribution in [3.8, 4) is 0 Å². The first-order chi connectivity index (χ1) is 11.9. The van der Waals surface area contributed by atoms with Crippen LogP contribution in [-0.2, 0) is 14.3 Å². The lowest BCUT2D eigenvalue weighted by molar-refractivity contribution is -0.119. The first-order valence-corrected chi connectivity index (χ1v) is 7.01. The molecule has 0 unspecified atom stereocenters. The molecule has 8 heteroatoms. The van der Waals surface area contributed by atoms with E-state index in [2.05, 4.69) is 10.1 Å². The highest BCUT2D eigenvalue weighted by Gasteiger charge is 2.16. The van der Waals surface area contributed by atoms with Gasteiger partial charge in [0, 0.05) is 0 Å². The van der Waals surface area contributed by atoms with E-state index in [-0.39, 0.29) is 16.8 Å². The average molecular weight is 349 g/mol. The number of esters is 2. The topological polar surface area (TPSA) is 81.7 Å². The zero-order valence-electron chi connectivity index (χ0n) is 13.0. The van der Waals surface area contributed by atoms with Crippen molar-refractivity contribution in [3.05, 3.63) is 65.2 Å². The molecule has 2 aromatic carbocycles. The Balaban J connectivity index is 1.98. The van der Waals surface area contributed by atoms with Crippen molar-refractivity contribution < 1.29 is 32.6 Å². The number of benzene rings is 2. The molecule has 1 N–H and O–H groups in total. The van der Waals surface area contributed by atoms with Crippen molar-refractivity contribution >= 4 is 23.5 Å². The predicted octanol–water partition coefficient (Wildman–Crippen LogP) is 2.55. The van der Waals surface area contributed by atoms with Gasteiger partial charge < -0.3 is 14.8 Å². The molecule has 2 aromatic rings. The number of anilines is 1. The van der Waals surface area contributed by atoms with Crippen molar-refractivity contribution in [2.45, 2.75) is 0 Å². The fourth-order valence-corrected chi connectivity index (χ4v) is 1.90. The molecule has 6 nitrogen and oxygen atoms in total. The van der Waals surface area contributed by atoms with E-state index in [1.165, 1.54) is 19.2 Å². The predicted molar refractivity (Wildman–Crippen MR) is 83.1 cm³/mol. The summed E-state index contributed by atoms with van der Waals surface area (Å²) in [5, 5.41) is 2.40. The molecule has 130 valence electrons. The molecule has 0 saturated carbocycles. The van der Waals surface area contributed by atoms with Gasteiger partial charge in [0.2, 0.25) is 0 Å². The standard InChI is InChI=1S/C17H13F2NO5/c1-24-17(23)11-4-2-3-5-14(11)20-15(21)9-25-16(22)10-6-7-12(18)13(19)8-10/h2-8H,9H2,1H3,(H,20,21). The second kappa shape index (κ2) is 8.00. The van der Waals surface area contributed by atoms with Gasteiger partial charge in [0.05, 0.1) is 23.9 Å². The fraction of sp³-hybridized carbons (Fsp3) is 0.118. The van der Waals surface area contributed by atoms with E-state index >= 15 is 0 Å². The van der Waals surface area contributed by atoms with Crippen LogP contribution in [0.4, 0.5) is 14.5 Å². The third-order valence-electron chi connectivity index (χ3n) is 3.10. The van der Waals surface area contributed by atoms with Gasteiger partial charge in [-0.25, -0.2) is 18.4 Å². The van der Waals surface area contributed by atoms with E-state index in [1.54, 1.807) is 12.1 Å². The van der Waals surface area contributed by atoms with Crippen molar-refractivity contribution in [2.75, 3.05) is 19.0 Å². The summed E-state index contributed by atoms with van der Waals surface area (Å²) in [5.41, 5.74) is 0.0789. The molecule has 1 amide bonds. The number of carbonyl (C=O) groups excluding carboxylic acids is 3. The Morgan fingerprint density at radius 1 is 1.00 bits per heavy atom. The van der Waals surface area contributed by atoms with E-state index in [0.29, 0.717) is 6.07 Å². The normalized spacial score (nSPS) is 10.0. The van der Waals surface area contributed by atoms with Gasteiger partial charge in [0.15, 0.2) is 18.2 Å². The van der Waals surface area contributed by atoms with Crippen LogP contribution in [0.25, 0.3) is 0 Å².